The van der Waals surface area contributed by atoms with E-state index in [0.29, 0.717) is 12.8 Å². The molecule has 1 saturated heterocycles. The molecule has 0 unspecified atom stereocenters. The highest BCUT2D eigenvalue weighted by Gasteiger charge is 2.46. The maximum atomic E-state index is 14.0. The zero-order valence-electron chi connectivity index (χ0n) is 37.2. The zero-order valence-corrected chi connectivity index (χ0v) is 37.2. The molecule has 0 spiro atoms. The summed E-state index contributed by atoms with van der Waals surface area (Å²) in [6.07, 6.45) is 25.3. The van der Waals surface area contributed by atoms with Gasteiger partial charge in [-0.2, -0.15) is 0 Å². The fourth-order valence-corrected chi connectivity index (χ4v) is 7.89. The van der Waals surface area contributed by atoms with E-state index in [1.54, 1.807) is 0 Å². The number of carbonyl (C=O) groups is 4. The van der Waals surface area contributed by atoms with E-state index in [2.05, 4.69) is 24.5 Å². The molecule has 0 aromatic heterocycles. The molecule has 0 saturated carbocycles. The van der Waals surface area contributed by atoms with Crippen LogP contribution in [0, 0.1) is 5.92 Å². The molecule has 0 aliphatic carbocycles. The van der Waals surface area contributed by atoms with E-state index in [-0.39, 0.29) is 18.2 Å². The first kappa shape index (κ1) is 54.7. The maximum absolute atomic E-state index is 14.0. The van der Waals surface area contributed by atoms with Crippen LogP contribution in [0.4, 0.5) is 0 Å². The number of unbranched alkanes of at least 4 members (excludes halogenated alkanes) is 24. The molecule has 0 radical (unpaired) electrons. The lowest BCUT2D eigenvalue weighted by molar-refractivity contribution is -0.181. The number of ether oxygens (including phenoxy) is 2. The summed E-state index contributed by atoms with van der Waals surface area (Å²) in [6.45, 7) is 5.33. The highest BCUT2D eigenvalue weighted by Crippen LogP contribution is 2.25. The van der Waals surface area contributed by atoms with Crippen LogP contribution in [0.3, 0.4) is 0 Å². The molecule has 0 aromatic carbocycles. The van der Waals surface area contributed by atoms with Gasteiger partial charge in [-0.3, -0.25) is 14.4 Å². The number of rotatable bonds is 40. The number of hydrogen-bond acceptors (Lipinski definition) is 9. The molecular formula is C46H86N2O11. The summed E-state index contributed by atoms with van der Waals surface area (Å²) in [7, 11) is 0. The standard InChI is InChI=1S/C46H86N2O11/c1-4-6-8-10-12-14-16-18-20-22-24-26-28-30-36(31-29-27-25-23-21-19-17-15-13-11-9-7-5-2)43(54)48-38(44(55)47-37(45(56)57)32-33-39(50)51)34-58-46-41(53)40(52)42(59-46)35(3)49/h35-38,40-42,46,49,52-53H,4-34H2,1-3H3,(H,47,55)(H,48,54)(H,50,51)(H,56,57)/t35-,37-,38+,40-,41-,42+,46+/m0/s1. The van der Waals surface area contributed by atoms with Crippen molar-refractivity contribution >= 4 is 23.8 Å². The van der Waals surface area contributed by atoms with Crippen LogP contribution in [-0.2, 0) is 28.7 Å². The van der Waals surface area contributed by atoms with Gasteiger partial charge in [-0.05, 0) is 26.2 Å². The van der Waals surface area contributed by atoms with Gasteiger partial charge in [0, 0.05) is 12.3 Å². The number of aliphatic carboxylic acids is 2. The van der Waals surface area contributed by atoms with Crippen molar-refractivity contribution in [2.24, 2.45) is 5.92 Å². The molecule has 2 amide bonds. The Morgan fingerprint density at radius 2 is 0.949 bits per heavy atom. The van der Waals surface area contributed by atoms with Crippen molar-refractivity contribution in [2.45, 2.75) is 256 Å². The van der Waals surface area contributed by atoms with Crippen molar-refractivity contribution < 1.29 is 54.2 Å². The van der Waals surface area contributed by atoms with Gasteiger partial charge >= 0.3 is 11.9 Å². The molecular weight excluding hydrogens is 757 g/mol. The van der Waals surface area contributed by atoms with E-state index < -0.39 is 73.7 Å². The molecule has 1 fully saturated rings. The van der Waals surface area contributed by atoms with Gasteiger partial charge in [0.25, 0.3) is 0 Å². The van der Waals surface area contributed by atoms with Gasteiger partial charge < -0.3 is 45.6 Å². The number of amides is 2. The molecule has 13 nitrogen and oxygen atoms in total. The second kappa shape index (κ2) is 35.3. The Bertz CT molecular complexity index is 1060. The zero-order chi connectivity index (χ0) is 43.7. The number of carboxylic acids is 2. The van der Waals surface area contributed by atoms with E-state index in [4.69, 9.17) is 14.6 Å². The lowest BCUT2D eigenvalue weighted by atomic mass is 9.93. The van der Waals surface area contributed by atoms with Crippen LogP contribution in [0.25, 0.3) is 0 Å². The number of nitrogens with one attached hydrogen (secondary N) is 2. The fraction of sp³-hybridized carbons (Fsp3) is 0.913. The van der Waals surface area contributed by atoms with Gasteiger partial charge in [0.1, 0.15) is 30.4 Å². The predicted molar refractivity (Wildman–Crippen MR) is 231 cm³/mol. The molecule has 59 heavy (non-hydrogen) atoms. The maximum Gasteiger partial charge on any atom is 0.326 e. The quantitative estimate of drug-likeness (QED) is 0.0292. The highest BCUT2D eigenvalue weighted by molar-refractivity contribution is 5.91. The monoisotopic (exact) mass is 843 g/mol. The number of carbonyl (C=O) groups excluding carboxylic acids is 2. The molecule has 1 heterocycles. The second-order valence-electron chi connectivity index (χ2n) is 17.2. The molecule has 7 N–H and O–H groups in total. The van der Waals surface area contributed by atoms with Crippen LogP contribution >= 0.6 is 0 Å². The molecule has 7 atom stereocenters. The summed E-state index contributed by atoms with van der Waals surface area (Å²) in [4.78, 5) is 50.6. The first-order valence-electron chi connectivity index (χ1n) is 23.8. The Morgan fingerprint density at radius 3 is 1.31 bits per heavy atom. The minimum atomic E-state index is -1.55. The summed E-state index contributed by atoms with van der Waals surface area (Å²) in [5.74, 6) is -4.29. The van der Waals surface area contributed by atoms with Crippen LogP contribution in [0.5, 0.6) is 0 Å². The molecule has 346 valence electrons. The summed E-state index contributed by atoms with van der Waals surface area (Å²) < 4.78 is 11.2. The average Bonchev–Trinajstić information content (AvgIpc) is 3.49. The summed E-state index contributed by atoms with van der Waals surface area (Å²) in [5.41, 5.74) is 0. The van der Waals surface area contributed by atoms with E-state index in [1.807, 2.05) is 0 Å². The first-order chi connectivity index (χ1) is 28.4. The van der Waals surface area contributed by atoms with E-state index in [1.165, 1.54) is 122 Å². The van der Waals surface area contributed by atoms with Crippen LogP contribution in [0.1, 0.15) is 213 Å². The second-order valence-corrected chi connectivity index (χ2v) is 17.2. The average molecular weight is 843 g/mol. The topological polar surface area (TPSA) is 212 Å². The Hall–Kier alpha value is -2.32. The number of aliphatic hydroxyl groups is 3. The lowest BCUT2D eigenvalue weighted by Crippen LogP contribution is -2.55. The molecule has 0 bridgehead atoms. The van der Waals surface area contributed by atoms with Crippen molar-refractivity contribution in [2.75, 3.05) is 6.61 Å². The number of carboxylic acid groups (broad SMARTS) is 2. The van der Waals surface area contributed by atoms with Crippen LogP contribution < -0.4 is 10.6 Å². The van der Waals surface area contributed by atoms with Gasteiger partial charge in [-0.1, -0.05) is 181 Å². The third-order valence-corrected chi connectivity index (χ3v) is 11.7. The van der Waals surface area contributed by atoms with Crippen LogP contribution in [-0.4, -0.2) is 98.7 Å². The number of aliphatic hydroxyl groups excluding tert-OH is 3. The molecule has 1 aliphatic heterocycles. The van der Waals surface area contributed by atoms with Gasteiger partial charge in [-0.15, -0.1) is 0 Å². The summed E-state index contributed by atoms with van der Waals surface area (Å²) in [6, 6.07) is -2.94. The van der Waals surface area contributed by atoms with Gasteiger partial charge in [-0.25, -0.2) is 4.79 Å². The van der Waals surface area contributed by atoms with Crippen LogP contribution in [0.15, 0.2) is 0 Å². The SMILES string of the molecule is CCCCCCCCCCCCCCCC(CCCCCCCCCCCCCCC)C(=O)N[C@H](CO[C@@H]1O[C@H]([C@H](C)O)[C@@H](O)[C@@H]1O)C(=O)N[C@@H](CCC(=O)O)C(=O)O. The Kier molecular flexibility index (Phi) is 32.7. The van der Waals surface area contributed by atoms with Gasteiger partial charge in [0.2, 0.25) is 11.8 Å². The summed E-state index contributed by atoms with van der Waals surface area (Å²) >= 11 is 0. The number of hydrogen-bond donors (Lipinski definition) is 7. The van der Waals surface area contributed by atoms with E-state index in [0.717, 1.165) is 51.4 Å². The Labute approximate surface area is 356 Å². The molecule has 13 heteroatoms. The first-order valence-corrected chi connectivity index (χ1v) is 23.8. The molecule has 1 rings (SSSR count). The van der Waals surface area contributed by atoms with Crippen molar-refractivity contribution in [3.8, 4) is 0 Å². The van der Waals surface area contributed by atoms with Crippen molar-refractivity contribution in [1.29, 1.82) is 0 Å². The third-order valence-electron chi connectivity index (χ3n) is 11.7. The van der Waals surface area contributed by atoms with Crippen molar-refractivity contribution in [3.63, 3.8) is 0 Å². The van der Waals surface area contributed by atoms with E-state index >= 15 is 0 Å². The Morgan fingerprint density at radius 1 is 0.559 bits per heavy atom. The smallest absolute Gasteiger partial charge is 0.326 e. The van der Waals surface area contributed by atoms with E-state index in [9.17, 15) is 39.6 Å². The van der Waals surface area contributed by atoms with Crippen molar-refractivity contribution in [3.05, 3.63) is 0 Å². The third kappa shape index (κ3) is 26.6. The van der Waals surface area contributed by atoms with Gasteiger partial charge in [0.15, 0.2) is 6.29 Å². The lowest BCUT2D eigenvalue weighted by Gasteiger charge is -2.25. The fourth-order valence-electron chi connectivity index (χ4n) is 7.89. The minimum absolute atomic E-state index is 0.362. The normalized spacial score (nSPS) is 19.4. The molecule has 0 aromatic rings. The summed E-state index contributed by atoms with van der Waals surface area (Å²) in [5, 5.41) is 54.7. The Balaban J connectivity index is 2.85. The van der Waals surface area contributed by atoms with Gasteiger partial charge in [0.05, 0.1) is 12.7 Å². The van der Waals surface area contributed by atoms with Crippen LogP contribution in [0.2, 0.25) is 0 Å². The molecule has 1 aliphatic rings. The van der Waals surface area contributed by atoms with Crippen molar-refractivity contribution in [1.82, 2.24) is 10.6 Å². The predicted octanol–water partition coefficient (Wildman–Crippen LogP) is 8.33. The largest absolute Gasteiger partial charge is 0.481 e. The highest BCUT2D eigenvalue weighted by atomic mass is 16.7. The minimum Gasteiger partial charge on any atom is -0.481 e.